The summed E-state index contributed by atoms with van der Waals surface area (Å²) in [5.41, 5.74) is 1.04. The molecule has 2 saturated heterocycles. The molecule has 132 valence electrons. The lowest BCUT2D eigenvalue weighted by atomic mass is 9.97. The van der Waals surface area contributed by atoms with Gasteiger partial charge < -0.3 is 4.90 Å². The van der Waals surface area contributed by atoms with Gasteiger partial charge in [0, 0.05) is 32.1 Å². The summed E-state index contributed by atoms with van der Waals surface area (Å²) < 4.78 is 26.6. The van der Waals surface area contributed by atoms with E-state index in [1.807, 2.05) is 35.2 Å². The van der Waals surface area contributed by atoms with Crippen LogP contribution in [0.1, 0.15) is 31.2 Å². The molecule has 0 saturated carbocycles. The van der Waals surface area contributed by atoms with Crippen molar-refractivity contribution in [3.63, 3.8) is 0 Å². The molecule has 1 amide bonds. The van der Waals surface area contributed by atoms with E-state index in [0.29, 0.717) is 32.4 Å². The van der Waals surface area contributed by atoms with Crippen LogP contribution in [0.2, 0.25) is 0 Å². The van der Waals surface area contributed by atoms with Gasteiger partial charge in [-0.05, 0) is 37.7 Å². The second kappa shape index (κ2) is 7.66. The van der Waals surface area contributed by atoms with Crippen LogP contribution in [0.25, 0.3) is 0 Å². The van der Waals surface area contributed by atoms with E-state index in [9.17, 15) is 13.2 Å². The van der Waals surface area contributed by atoms with E-state index in [2.05, 4.69) is 0 Å². The first kappa shape index (κ1) is 17.4. The van der Waals surface area contributed by atoms with Gasteiger partial charge in [0.1, 0.15) is 0 Å². The third-order valence-corrected chi connectivity index (χ3v) is 6.98. The number of aryl methyl sites for hydroxylation is 1. The second-order valence-electron chi connectivity index (χ2n) is 6.76. The van der Waals surface area contributed by atoms with Gasteiger partial charge in [-0.25, -0.2) is 12.7 Å². The molecule has 0 radical (unpaired) electrons. The predicted molar refractivity (Wildman–Crippen MR) is 94.0 cm³/mol. The molecule has 0 atom stereocenters. The zero-order chi connectivity index (χ0) is 17.0. The van der Waals surface area contributed by atoms with Crippen molar-refractivity contribution in [3.8, 4) is 0 Å². The SMILES string of the molecule is O=C(C1CCN(S(=O)(=O)CCc2ccccc2)CC1)N1CCCC1. The van der Waals surface area contributed by atoms with Crippen LogP contribution in [0.3, 0.4) is 0 Å². The molecular formula is C18H26N2O3S. The summed E-state index contributed by atoms with van der Waals surface area (Å²) in [4.78, 5) is 14.4. The highest BCUT2D eigenvalue weighted by Crippen LogP contribution is 2.24. The lowest BCUT2D eigenvalue weighted by molar-refractivity contribution is -0.135. The van der Waals surface area contributed by atoms with E-state index in [4.69, 9.17) is 0 Å². The highest BCUT2D eigenvalue weighted by atomic mass is 32.2. The van der Waals surface area contributed by atoms with Gasteiger partial charge in [0.05, 0.1) is 5.75 Å². The van der Waals surface area contributed by atoms with Crippen LogP contribution >= 0.6 is 0 Å². The molecule has 0 spiro atoms. The molecule has 3 rings (SSSR count). The lowest BCUT2D eigenvalue weighted by Crippen LogP contribution is -2.44. The number of benzene rings is 1. The summed E-state index contributed by atoms with van der Waals surface area (Å²) in [5, 5.41) is 0. The fraction of sp³-hybridized carbons (Fsp3) is 0.611. The fourth-order valence-electron chi connectivity index (χ4n) is 3.60. The summed E-state index contributed by atoms with van der Waals surface area (Å²) >= 11 is 0. The molecule has 6 heteroatoms. The van der Waals surface area contributed by atoms with Gasteiger partial charge in [-0.1, -0.05) is 30.3 Å². The third kappa shape index (κ3) is 4.16. The van der Waals surface area contributed by atoms with Crippen molar-refractivity contribution in [1.29, 1.82) is 0 Å². The van der Waals surface area contributed by atoms with Gasteiger partial charge >= 0.3 is 0 Å². The quantitative estimate of drug-likeness (QED) is 0.815. The predicted octanol–water partition coefficient (Wildman–Crippen LogP) is 1.89. The normalized spacial score (nSPS) is 20.4. The van der Waals surface area contributed by atoms with Gasteiger partial charge in [-0.3, -0.25) is 4.79 Å². The number of likely N-dealkylation sites (tertiary alicyclic amines) is 1. The van der Waals surface area contributed by atoms with Crippen LogP contribution in [0, 0.1) is 5.92 Å². The van der Waals surface area contributed by atoms with Crippen LogP contribution in [-0.2, 0) is 21.2 Å². The number of hydrogen-bond acceptors (Lipinski definition) is 3. The van der Waals surface area contributed by atoms with Crippen molar-refractivity contribution in [3.05, 3.63) is 35.9 Å². The average molecular weight is 350 g/mol. The number of piperidine rings is 1. The standard InChI is InChI=1S/C18H26N2O3S/c21-18(19-11-4-5-12-19)17-8-13-20(14-9-17)24(22,23)15-10-16-6-2-1-3-7-16/h1-3,6-7,17H,4-5,8-15H2. The molecule has 2 aliphatic heterocycles. The van der Waals surface area contributed by atoms with Crippen molar-refractivity contribution in [1.82, 2.24) is 9.21 Å². The second-order valence-corrected chi connectivity index (χ2v) is 8.85. The molecule has 2 heterocycles. The number of sulfonamides is 1. The van der Waals surface area contributed by atoms with Gasteiger partial charge in [0.15, 0.2) is 0 Å². The summed E-state index contributed by atoms with van der Waals surface area (Å²) in [6.07, 6.45) is 4.03. The number of rotatable bonds is 5. The Morgan fingerprint density at radius 1 is 1.00 bits per heavy atom. The summed E-state index contributed by atoms with van der Waals surface area (Å²) in [6, 6.07) is 9.70. The van der Waals surface area contributed by atoms with Crippen molar-refractivity contribution in [2.75, 3.05) is 31.9 Å². The highest BCUT2D eigenvalue weighted by Gasteiger charge is 2.33. The molecule has 2 fully saturated rings. The number of amides is 1. The maximum Gasteiger partial charge on any atom is 0.225 e. The Labute approximate surface area is 144 Å². The zero-order valence-corrected chi connectivity index (χ0v) is 14.9. The first-order chi connectivity index (χ1) is 11.6. The van der Waals surface area contributed by atoms with Crippen molar-refractivity contribution in [2.24, 2.45) is 5.92 Å². The van der Waals surface area contributed by atoms with Gasteiger partial charge in [0.25, 0.3) is 0 Å². The van der Waals surface area contributed by atoms with Crippen LogP contribution in [0.4, 0.5) is 0 Å². The van der Waals surface area contributed by atoms with Gasteiger partial charge in [0.2, 0.25) is 15.9 Å². The van der Waals surface area contributed by atoms with Gasteiger partial charge in [-0.2, -0.15) is 0 Å². The Morgan fingerprint density at radius 2 is 1.62 bits per heavy atom. The summed E-state index contributed by atoms with van der Waals surface area (Å²) in [7, 11) is -3.24. The molecule has 0 unspecified atom stereocenters. The zero-order valence-electron chi connectivity index (χ0n) is 14.1. The van der Waals surface area contributed by atoms with E-state index in [1.165, 1.54) is 0 Å². The molecule has 0 bridgehead atoms. The number of carbonyl (C=O) groups excluding carboxylic acids is 1. The summed E-state index contributed by atoms with van der Waals surface area (Å²) in [5.74, 6) is 0.374. The molecule has 24 heavy (non-hydrogen) atoms. The van der Waals surface area contributed by atoms with Crippen LogP contribution in [0.5, 0.6) is 0 Å². The lowest BCUT2D eigenvalue weighted by Gasteiger charge is -2.32. The van der Waals surface area contributed by atoms with Crippen molar-refractivity contribution >= 4 is 15.9 Å². The minimum Gasteiger partial charge on any atom is -0.342 e. The number of hydrogen-bond donors (Lipinski definition) is 0. The fourth-order valence-corrected chi connectivity index (χ4v) is 5.12. The molecule has 2 aliphatic rings. The largest absolute Gasteiger partial charge is 0.342 e. The van der Waals surface area contributed by atoms with Gasteiger partial charge in [-0.15, -0.1) is 0 Å². The van der Waals surface area contributed by atoms with E-state index in [1.54, 1.807) is 4.31 Å². The Hall–Kier alpha value is -1.40. The third-order valence-electron chi connectivity index (χ3n) is 5.11. The molecule has 1 aromatic rings. The molecule has 0 N–H and O–H groups in total. The minimum absolute atomic E-state index is 0.00340. The maximum atomic E-state index is 12.5. The van der Waals surface area contributed by atoms with E-state index in [0.717, 1.165) is 31.5 Å². The minimum atomic E-state index is -3.24. The average Bonchev–Trinajstić information content (AvgIpc) is 3.15. The monoisotopic (exact) mass is 350 g/mol. The topological polar surface area (TPSA) is 57.7 Å². The van der Waals surface area contributed by atoms with E-state index < -0.39 is 10.0 Å². The Kier molecular flexibility index (Phi) is 5.56. The highest BCUT2D eigenvalue weighted by molar-refractivity contribution is 7.89. The first-order valence-electron chi connectivity index (χ1n) is 8.87. The van der Waals surface area contributed by atoms with Crippen LogP contribution in [0.15, 0.2) is 30.3 Å². The van der Waals surface area contributed by atoms with Crippen molar-refractivity contribution < 1.29 is 13.2 Å². The number of carbonyl (C=O) groups is 1. The molecule has 0 aromatic heterocycles. The molecule has 5 nitrogen and oxygen atoms in total. The molecular weight excluding hydrogens is 324 g/mol. The van der Waals surface area contributed by atoms with Crippen LogP contribution in [-0.4, -0.2) is 55.5 Å². The number of nitrogens with zero attached hydrogens (tertiary/aromatic N) is 2. The first-order valence-corrected chi connectivity index (χ1v) is 10.5. The Morgan fingerprint density at radius 3 is 2.25 bits per heavy atom. The van der Waals surface area contributed by atoms with E-state index >= 15 is 0 Å². The summed E-state index contributed by atoms with van der Waals surface area (Å²) in [6.45, 7) is 2.69. The maximum absolute atomic E-state index is 12.5. The Balaban J connectivity index is 1.50. The Bertz CT molecular complexity index is 646. The van der Waals surface area contributed by atoms with Crippen LogP contribution < -0.4 is 0 Å². The van der Waals surface area contributed by atoms with Crippen molar-refractivity contribution in [2.45, 2.75) is 32.1 Å². The smallest absolute Gasteiger partial charge is 0.225 e. The van der Waals surface area contributed by atoms with E-state index in [-0.39, 0.29) is 17.6 Å². The molecule has 1 aromatic carbocycles. The molecule has 0 aliphatic carbocycles.